The van der Waals surface area contributed by atoms with Crippen LogP contribution >= 0.6 is 0 Å². The van der Waals surface area contributed by atoms with Crippen molar-refractivity contribution in [2.24, 2.45) is 17.4 Å². The lowest BCUT2D eigenvalue weighted by Gasteiger charge is -2.27. The summed E-state index contributed by atoms with van der Waals surface area (Å²) in [6.45, 7) is 3.68. The van der Waals surface area contributed by atoms with E-state index in [1.807, 2.05) is 0 Å². The van der Waals surface area contributed by atoms with E-state index < -0.39 is 5.54 Å². The number of primary amides is 1. The standard InChI is InChI=1S/C13H26N2O2/c1-2-3-4-9-17-10-7-11-6-5-8-13(11,15)12(14)16/h11H,2-10,15H2,1H3,(H2,14,16). The number of nitrogens with two attached hydrogens (primary N) is 2. The molecular weight excluding hydrogens is 216 g/mol. The molecule has 1 amide bonds. The zero-order valence-corrected chi connectivity index (χ0v) is 10.9. The second kappa shape index (κ2) is 6.97. The van der Waals surface area contributed by atoms with Crippen LogP contribution in [0.5, 0.6) is 0 Å². The summed E-state index contributed by atoms with van der Waals surface area (Å²) in [5.41, 5.74) is 10.7. The summed E-state index contributed by atoms with van der Waals surface area (Å²) in [5, 5.41) is 0. The number of hydrogen-bond donors (Lipinski definition) is 2. The van der Waals surface area contributed by atoms with Gasteiger partial charge in [0, 0.05) is 13.2 Å². The zero-order valence-electron chi connectivity index (χ0n) is 10.9. The molecule has 2 atom stereocenters. The first kappa shape index (κ1) is 14.5. The highest BCUT2D eigenvalue weighted by Crippen LogP contribution is 2.35. The predicted molar refractivity (Wildman–Crippen MR) is 68.4 cm³/mol. The molecule has 4 N–H and O–H groups in total. The van der Waals surface area contributed by atoms with Crippen molar-refractivity contribution in [3.8, 4) is 0 Å². The van der Waals surface area contributed by atoms with Crippen LogP contribution in [0.1, 0.15) is 51.9 Å². The molecule has 4 nitrogen and oxygen atoms in total. The Balaban J connectivity index is 2.20. The predicted octanol–water partition coefficient (Wildman–Crippen LogP) is 1.57. The highest BCUT2D eigenvalue weighted by Gasteiger charge is 2.43. The van der Waals surface area contributed by atoms with Gasteiger partial charge < -0.3 is 16.2 Å². The third kappa shape index (κ3) is 3.96. The van der Waals surface area contributed by atoms with Crippen LogP contribution in [0.2, 0.25) is 0 Å². The van der Waals surface area contributed by atoms with Crippen LogP contribution in [0.15, 0.2) is 0 Å². The SMILES string of the molecule is CCCCCOCCC1CCCC1(N)C(N)=O. The molecule has 1 aliphatic rings. The van der Waals surface area contributed by atoms with E-state index in [1.165, 1.54) is 12.8 Å². The van der Waals surface area contributed by atoms with Crippen LogP contribution < -0.4 is 11.5 Å². The van der Waals surface area contributed by atoms with E-state index in [2.05, 4.69) is 6.92 Å². The number of amides is 1. The van der Waals surface area contributed by atoms with Gasteiger partial charge in [-0.1, -0.05) is 26.2 Å². The Morgan fingerprint density at radius 3 is 2.82 bits per heavy atom. The van der Waals surface area contributed by atoms with E-state index in [0.717, 1.165) is 38.7 Å². The number of hydrogen-bond acceptors (Lipinski definition) is 3. The second-order valence-corrected chi connectivity index (χ2v) is 5.10. The Morgan fingerprint density at radius 1 is 1.41 bits per heavy atom. The molecule has 0 aromatic carbocycles. The van der Waals surface area contributed by atoms with Gasteiger partial charge in [-0.3, -0.25) is 4.79 Å². The molecule has 1 aliphatic carbocycles. The van der Waals surface area contributed by atoms with E-state index in [0.29, 0.717) is 6.61 Å². The molecule has 2 unspecified atom stereocenters. The zero-order chi connectivity index (χ0) is 12.7. The van der Waals surface area contributed by atoms with Crippen molar-refractivity contribution in [2.45, 2.75) is 57.4 Å². The maximum atomic E-state index is 11.4. The van der Waals surface area contributed by atoms with Crippen LogP contribution in [0.25, 0.3) is 0 Å². The average Bonchev–Trinajstić information content (AvgIpc) is 2.67. The summed E-state index contributed by atoms with van der Waals surface area (Å²) in [5.74, 6) is -0.155. The molecule has 0 saturated heterocycles. The van der Waals surface area contributed by atoms with Crippen molar-refractivity contribution in [3.05, 3.63) is 0 Å². The molecule has 1 rings (SSSR count). The fraction of sp³-hybridized carbons (Fsp3) is 0.923. The fourth-order valence-electron chi connectivity index (χ4n) is 2.61. The van der Waals surface area contributed by atoms with Crippen LogP contribution in [0.3, 0.4) is 0 Å². The molecular formula is C13H26N2O2. The molecule has 0 heterocycles. The lowest BCUT2D eigenvalue weighted by Crippen LogP contribution is -2.54. The van der Waals surface area contributed by atoms with Crippen LogP contribution in [-0.2, 0) is 9.53 Å². The van der Waals surface area contributed by atoms with E-state index in [1.54, 1.807) is 0 Å². The van der Waals surface area contributed by atoms with Gasteiger partial charge in [-0.05, 0) is 31.6 Å². The maximum absolute atomic E-state index is 11.4. The first-order valence-electron chi connectivity index (χ1n) is 6.77. The lowest BCUT2D eigenvalue weighted by atomic mass is 9.85. The van der Waals surface area contributed by atoms with Gasteiger partial charge in [0.1, 0.15) is 0 Å². The summed E-state index contributed by atoms with van der Waals surface area (Å²) in [6, 6.07) is 0. The molecule has 0 aliphatic heterocycles. The van der Waals surface area contributed by atoms with Gasteiger partial charge in [0.25, 0.3) is 0 Å². The number of carbonyl (C=O) groups is 1. The highest BCUT2D eigenvalue weighted by atomic mass is 16.5. The third-order valence-electron chi connectivity index (χ3n) is 3.83. The van der Waals surface area contributed by atoms with Gasteiger partial charge in [0.05, 0.1) is 5.54 Å². The van der Waals surface area contributed by atoms with E-state index in [-0.39, 0.29) is 11.8 Å². The molecule has 1 saturated carbocycles. The van der Waals surface area contributed by atoms with Crippen molar-refractivity contribution in [1.29, 1.82) is 0 Å². The van der Waals surface area contributed by atoms with Crippen LogP contribution in [-0.4, -0.2) is 24.7 Å². The van der Waals surface area contributed by atoms with Gasteiger partial charge in [-0.25, -0.2) is 0 Å². The minimum Gasteiger partial charge on any atom is -0.381 e. The molecule has 100 valence electrons. The highest BCUT2D eigenvalue weighted by molar-refractivity contribution is 5.85. The average molecular weight is 242 g/mol. The topological polar surface area (TPSA) is 78.3 Å². The van der Waals surface area contributed by atoms with Gasteiger partial charge in [-0.15, -0.1) is 0 Å². The molecule has 1 fully saturated rings. The Hall–Kier alpha value is -0.610. The Bertz CT molecular complexity index is 246. The Labute approximate surface area is 104 Å². The van der Waals surface area contributed by atoms with Crippen molar-refractivity contribution in [3.63, 3.8) is 0 Å². The molecule has 17 heavy (non-hydrogen) atoms. The molecule has 0 aromatic rings. The number of carbonyl (C=O) groups excluding carboxylic acids is 1. The summed E-state index contributed by atoms with van der Waals surface area (Å²) in [7, 11) is 0. The minimum atomic E-state index is -0.785. The third-order valence-corrected chi connectivity index (χ3v) is 3.83. The molecule has 0 bridgehead atoms. The van der Waals surface area contributed by atoms with Crippen LogP contribution in [0.4, 0.5) is 0 Å². The first-order valence-corrected chi connectivity index (χ1v) is 6.77. The van der Waals surface area contributed by atoms with E-state index in [9.17, 15) is 4.79 Å². The van der Waals surface area contributed by atoms with Crippen LogP contribution in [0, 0.1) is 5.92 Å². The van der Waals surface area contributed by atoms with Gasteiger partial charge >= 0.3 is 0 Å². The van der Waals surface area contributed by atoms with Gasteiger partial charge in [0.15, 0.2) is 0 Å². The molecule has 4 heteroatoms. The fourth-order valence-corrected chi connectivity index (χ4v) is 2.61. The normalized spacial score (nSPS) is 28.5. The maximum Gasteiger partial charge on any atom is 0.237 e. The monoisotopic (exact) mass is 242 g/mol. The Kier molecular flexibility index (Phi) is 5.92. The molecule has 0 radical (unpaired) electrons. The number of rotatable bonds is 8. The largest absolute Gasteiger partial charge is 0.381 e. The number of unbranched alkanes of at least 4 members (excludes halogenated alkanes) is 2. The van der Waals surface area contributed by atoms with E-state index >= 15 is 0 Å². The van der Waals surface area contributed by atoms with Gasteiger partial charge in [-0.2, -0.15) is 0 Å². The number of ether oxygens (including phenoxy) is 1. The van der Waals surface area contributed by atoms with Gasteiger partial charge in [0.2, 0.25) is 5.91 Å². The lowest BCUT2D eigenvalue weighted by molar-refractivity contribution is -0.124. The van der Waals surface area contributed by atoms with E-state index in [4.69, 9.17) is 16.2 Å². The summed E-state index contributed by atoms with van der Waals surface area (Å²) in [4.78, 5) is 11.4. The summed E-state index contributed by atoms with van der Waals surface area (Å²) < 4.78 is 5.56. The van der Waals surface area contributed by atoms with Crippen molar-refractivity contribution in [1.82, 2.24) is 0 Å². The molecule has 0 spiro atoms. The second-order valence-electron chi connectivity index (χ2n) is 5.10. The molecule has 0 aromatic heterocycles. The minimum absolute atomic E-state index is 0.200. The summed E-state index contributed by atoms with van der Waals surface area (Å²) >= 11 is 0. The summed E-state index contributed by atoms with van der Waals surface area (Å²) in [6.07, 6.45) is 7.11. The first-order chi connectivity index (χ1) is 8.11. The quantitative estimate of drug-likeness (QED) is 0.634. The smallest absolute Gasteiger partial charge is 0.237 e. The van der Waals surface area contributed by atoms with Crippen molar-refractivity contribution in [2.75, 3.05) is 13.2 Å². The Morgan fingerprint density at radius 2 is 2.18 bits per heavy atom. The van der Waals surface area contributed by atoms with Crippen molar-refractivity contribution >= 4 is 5.91 Å². The van der Waals surface area contributed by atoms with Crippen molar-refractivity contribution < 1.29 is 9.53 Å².